The molecule has 1 saturated carbocycles. The third-order valence-electron chi connectivity index (χ3n) is 4.20. The van der Waals surface area contributed by atoms with Gasteiger partial charge in [-0.3, -0.25) is 4.79 Å². The number of carbonyl (C=O) groups is 1. The summed E-state index contributed by atoms with van der Waals surface area (Å²) < 4.78 is 10.8. The molecular formula is C18H27NO3. The van der Waals surface area contributed by atoms with E-state index >= 15 is 0 Å². The topological polar surface area (TPSA) is 38.8 Å². The lowest BCUT2D eigenvalue weighted by Crippen LogP contribution is -2.43. The largest absolute Gasteiger partial charge is 0.493 e. The van der Waals surface area contributed by atoms with Crippen molar-refractivity contribution in [1.29, 1.82) is 0 Å². The molecule has 1 fully saturated rings. The molecule has 122 valence electrons. The predicted octanol–water partition coefficient (Wildman–Crippen LogP) is 3.26. The molecule has 0 bridgehead atoms. The van der Waals surface area contributed by atoms with E-state index in [4.69, 9.17) is 9.47 Å². The lowest BCUT2D eigenvalue weighted by molar-refractivity contribution is -0.135. The SMILES string of the molecule is COCCN(C(=O)CCOc1ccccc1)C1CCCCC1. The number of ether oxygens (including phenoxy) is 2. The molecule has 0 aromatic heterocycles. The van der Waals surface area contributed by atoms with Gasteiger partial charge >= 0.3 is 0 Å². The minimum atomic E-state index is 0.180. The highest BCUT2D eigenvalue weighted by molar-refractivity contribution is 5.76. The zero-order chi connectivity index (χ0) is 15.6. The van der Waals surface area contributed by atoms with Gasteiger partial charge in [-0.05, 0) is 25.0 Å². The average molecular weight is 305 g/mol. The van der Waals surface area contributed by atoms with E-state index in [1.54, 1.807) is 7.11 Å². The van der Waals surface area contributed by atoms with Crippen molar-refractivity contribution in [2.24, 2.45) is 0 Å². The molecule has 0 spiro atoms. The number of benzene rings is 1. The Morgan fingerprint density at radius 1 is 1.14 bits per heavy atom. The summed E-state index contributed by atoms with van der Waals surface area (Å²) in [6.07, 6.45) is 6.41. The third kappa shape index (κ3) is 5.34. The van der Waals surface area contributed by atoms with E-state index in [0.29, 0.717) is 32.2 Å². The normalized spacial score (nSPS) is 15.5. The Labute approximate surface area is 133 Å². The summed E-state index contributed by atoms with van der Waals surface area (Å²) in [5, 5.41) is 0. The highest BCUT2D eigenvalue weighted by Crippen LogP contribution is 2.23. The molecule has 1 aromatic rings. The molecule has 1 aromatic carbocycles. The summed E-state index contributed by atoms with van der Waals surface area (Å²) in [5.41, 5.74) is 0. The standard InChI is InChI=1S/C18H27NO3/c1-21-15-13-19(16-8-4-2-5-9-16)18(20)12-14-22-17-10-6-3-7-11-17/h3,6-7,10-11,16H,2,4-5,8-9,12-15H2,1H3. The van der Waals surface area contributed by atoms with Crippen molar-refractivity contribution in [2.75, 3.05) is 26.9 Å². The smallest absolute Gasteiger partial charge is 0.226 e. The van der Waals surface area contributed by atoms with Gasteiger partial charge in [-0.15, -0.1) is 0 Å². The van der Waals surface area contributed by atoms with E-state index in [1.165, 1.54) is 19.3 Å². The van der Waals surface area contributed by atoms with Gasteiger partial charge in [-0.25, -0.2) is 0 Å². The number of nitrogens with zero attached hydrogens (tertiary/aromatic N) is 1. The van der Waals surface area contributed by atoms with E-state index in [1.807, 2.05) is 35.2 Å². The number of carbonyl (C=O) groups excluding carboxylic acids is 1. The third-order valence-corrected chi connectivity index (χ3v) is 4.20. The molecule has 1 aliphatic rings. The maximum atomic E-state index is 12.5. The van der Waals surface area contributed by atoms with Crippen molar-refractivity contribution < 1.29 is 14.3 Å². The first-order valence-corrected chi connectivity index (χ1v) is 8.27. The molecule has 0 heterocycles. The van der Waals surface area contributed by atoms with E-state index in [9.17, 15) is 4.79 Å². The van der Waals surface area contributed by atoms with Crippen LogP contribution in [0.3, 0.4) is 0 Å². The zero-order valence-corrected chi connectivity index (χ0v) is 13.5. The summed E-state index contributed by atoms with van der Waals surface area (Å²) in [6.45, 7) is 1.71. The molecule has 0 aliphatic heterocycles. The van der Waals surface area contributed by atoms with Gasteiger partial charge in [0.25, 0.3) is 0 Å². The van der Waals surface area contributed by atoms with E-state index < -0.39 is 0 Å². The second-order valence-corrected chi connectivity index (χ2v) is 5.78. The van der Waals surface area contributed by atoms with Gasteiger partial charge in [-0.2, -0.15) is 0 Å². The van der Waals surface area contributed by atoms with E-state index in [-0.39, 0.29) is 5.91 Å². The van der Waals surface area contributed by atoms with Crippen LogP contribution in [0.4, 0.5) is 0 Å². The van der Waals surface area contributed by atoms with Crippen molar-refractivity contribution >= 4 is 5.91 Å². The van der Waals surface area contributed by atoms with Crippen LogP contribution in [0.5, 0.6) is 5.75 Å². The maximum absolute atomic E-state index is 12.5. The summed E-state index contributed by atoms with van der Waals surface area (Å²) in [7, 11) is 1.68. The van der Waals surface area contributed by atoms with Crippen LogP contribution in [0.2, 0.25) is 0 Å². The van der Waals surface area contributed by atoms with Gasteiger partial charge in [0.1, 0.15) is 5.75 Å². The molecule has 0 unspecified atom stereocenters. The first kappa shape index (κ1) is 16.8. The lowest BCUT2D eigenvalue weighted by atomic mass is 9.94. The number of para-hydroxylation sites is 1. The summed E-state index contributed by atoms with van der Waals surface area (Å²) in [6, 6.07) is 10.0. The Balaban J connectivity index is 1.82. The quantitative estimate of drug-likeness (QED) is 0.740. The van der Waals surface area contributed by atoms with Crippen molar-refractivity contribution in [3.8, 4) is 5.75 Å². The van der Waals surface area contributed by atoms with E-state index in [0.717, 1.165) is 18.6 Å². The highest BCUT2D eigenvalue weighted by atomic mass is 16.5. The van der Waals surface area contributed by atoms with Crippen LogP contribution < -0.4 is 4.74 Å². The van der Waals surface area contributed by atoms with Gasteiger partial charge in [0.2, 0.25) is 5.91 Å². The second kappa shape index (κ2) is 9.46. The van der Waals surface area contributed by atoms with Crippen LogP contribution in [0, 0.1) is 0 Å². The zero-order valence-electron chi connectivity index (χ0n) is 13.5. The first-order valence-electron chi connectivity index (χ1n) is 8.27. The molecule has 0 N–H and O–H groups in total. The molecule has 1 amide bonds. The molecule has 22 heavy (non-hydrogen) atoms. The fraction of sp³-hybridized carbons (Fsp3) is 0.611. The maximum Gasteiger partial charge on any atom is 0.226 e. The van der Waals surface area contributed by atoms with E-state index in [2.05, 4.69) is 0 Å². The van der Waals surface area contributed by atoms with Crippen molar-refractivity contribution in [1.82, 2.24) is 4.90 Å². The van der Waals surface area contributed by atoms with Crippen molar-refractivity contribution in [2.45, 2.75) is 44.6 Å². The number of amides is 1. The lowest BCUT2D eigenvalue weighted by Gasteiger charge is -2.34. The molecule has 4 heteroatoms. The minimum absolute atomic E-state index is 0.180. The van der Waals surface area contributed by atoms with Crippen molar-refractivity contribution in [3.05, 3.63) is 30.3 Å². The van der Waals surface area contributed by atoms with Crippen LogP contribution in [0.25, 0.3) is 0 Å². The Kier molecular flexibility index (Phi) is 7.23. The predicted molar refractivity (Wildman–Crippen MR) is 87.0 cm³/mol. The van der Waals surface area contributed by atoms with Gasteiger partial charge in [0.05, 0.1) is 19.6 Å². The molecule has 0 radical (unpaired) electrons. The van der Waals surface area contributed by atoms with Crippen LogP contribution >= 0.6 is 0 Å². The van der Waals surface area contributed by atoms with Gasteiger partial charge in [-0.1, -0.05) is 37.5 Å². The van der Waals surface area contributed by atoms with Crippen molar-refractivity contribution in [3.63, 3.8) is 0 Å². The molecule has 1 aliphatic carbocycles. The second-order valence-electron chi connectivity index (χ2n) is 5.78. The summed E-state index contributed by atoms with van der Waals surface area (Å²) in [4.78, 5) is 14.5. The number of hydrogen-bond acceptors (Lipinski definition) is 3. The average Bonchev–Trinajstić information content (AvgIpc) is 2.57. The molecule has 0 atom stereocenters. The molecular weight excluding hydrogens is 278 g/mol. The highest BCUT2D eigenvalue weighted by Gasteiger charge is 2.24. The van der Waals surface area contributed by atoms with Gasteiger partial charge in [0.15, 0.2) is 0 Å². The number of rotatable bonds is 8. The summed E-state index contributed by atoms with van der Waals surface area (Å²) in [5.74, 6) is 0.997. The monoisotopic (exact) mass is 305 g/mol. The molecule has 0 saturated heterocycles. The Morgan fingerprint density at radius 2 is 1.86 bits per heavy atom. The van der Waals surface area contributed by atoms with Gasteiger partial charge in [0, 0.05) is 19.7 Å². The fourth-order valence-electron chi connectivity index (χ4n) is 3.01. The first-order chi connectivity index (χ1) is 10.8. The fourth-order valence-corrected chi connectivity index (χ4v) is 3.01. The Bertz CT molecular complexity index is 429. The Hall–Kier alpha value is -1.55. The molecule has 4 nitrogen and oxygen atoms in total. The molecule has 2 rings (SSSR count). The van der Waals surface area contributed by atoms with Crippen LogP contribution in [-0.2, 0) is 9.53 Å². The Morgan fingerprint density at radius 3 is 2.55 bits per heavy atom. The van der Waals surface area contributed by atoms with Gasteiger partial charge < -0.3 is 14.4 Å². The van der Waals surface area contributed by atoms with Crippen LogP contribution in [0.1, 0.15) is 38.5 Å². The van der Waals surface area contributed by atoms with Crippen LogP contribution in [-0.4, -0.2) is 43.7 Å². The number of methoxy groups -OCH3 is 1. The minimum Gasteiger partial charge on any atom is -0.493 e. The number of hydrogen-bond donors (Lipinski definition) is 0. The van der Waals surface area contributed by atoms with Crippen LogP contribution in [0.15, 0.2) is 30.3 Å². The summed E-state index contributed by atoms with van der Waals surface area (Å²) >= 11 is 0.